The summed E-state index contributed by atoms with van der Waals surface area (Å²) in [6, 6.07) is 6.98. The standard InChI is InChI=1S/C19H15F3N4O3S/c20-19(21,22)11-3-5-12(6-4-11)23-18(28)26-8-7-13-15(10-26)30-17(24-13)25-16(27)14-2-1-9-29-14/h1-6,9H,7-8,10H2,(H,23,28)(H,24,25,27). The van der Waals surface area contributed by atoms with Crippen molar-refractivity contribution in [3.05, 3.63) is 64.6 Å². The number of carbonyl (C=O) groups excluding carboxylic acids is 2. The van der Waals surface area contributed by atoms with Crippen LogP contribution >= 0.6 is 11.3 Å². The number of fused-ring (bicyclic) bond motifs is 1. The molecule has 0 radical (unpaired) electrons. The highest BCUT2D eigenvalue weighted by molar-refractivity contribution is 7.15. The predicted octanol–water partition coefficient (Wildman–Crippen LogP) is 4.60. The number of aromatic nitrogens is 1. The highest BCUT2D eigenvalue weighted by Gasteiger charge is 2.30. The molecule has 0 bridgehead atoms. The zero-order valence-corrected chi connectivity index (χ0v) is 16.1. The van der Waals surface area contributed by atoms with E-state index in [1.807, 2.05) is 0 Å². The zero-order chi connectivity index (χ0) is 21.3. The van der Waals surface area contributed by atoms with Crippen molar-refractivity contribution in [1.29, 1.82) is 0 Å². The van der Waals surface area contributed by atoms with Crippen LogP contribution in [0.5, 0.6) is 0 Å². The molecule has 2 N–H and O–H groups in total. The molecule has 1 aromatic carbocycles. The second-order valence-electron chi connectivity index (χ2n) is 6.50. The first-order valence-electron chi connectivity index (χ1n) is 8.86. The third-order valence-electron chi connectivity index (χ3n) is 4.45. The molecule has 0 fully saturated rings. The summed E-state index contributed by atoms with van der Waals surface area (Å²) in [7, 11) is 0. The van der Waals surface area contributed by atoms with Crippen LogP contribution in [0, 0.1) is 0 Å². The van der Waals surface area contributed by atoms with Gasteiger partial charge in [0, 0.05) is 23.5 Å². The molecule has 0 aliphatic carbocycles. The van der Waals surface area contributed by atoms with Gasteiger partial charge >= 0.3 is 12.2 Å². The summed E-state index contributed by atoms with van der Waals surface area (Å²) in [5.41, 5.74) is 0.291. The maximum absolute atomic E-state index is 12.6. The number of alkyl halides is 3. The second-order valence-corrected chi connectivity index (χ2v) is 7.58. The Balaban J connectivity index is 1.38. The highest BCUT2D eigenvalue weighted by Crippen LogP contribution is 2.31. The average Bonchev–Trinajstić information content (AvgIpc) is 3.36. The van der Waals surface area contributed by atoms with E-state index < -0.39 is 23.7 Å². The van der Waals surface area contributed by atoms with Crippen molar-refractivity contribution in [2.24, 2.45) is 0 Å². The number of halogens is 3. The minimum absolute atomic E-state index is 0.167. The van der Waals surface area contributed by atoms with Crippen LogP contribution in [0.4, 0.5) is 28.8 Å². The largest absolute Gasteiger partial charge is 0.459 e. The van der Waals surface area contributed by atoms with Crippen LogP contribution in [0.3, 0.4) is 0 Å². The lowest BCUT2D eigenvalue weighted by molar-refractivity contribution is -0.137. The van der Waals surface area contributed by atoms with Crippen molar-refractivity contribution in [1.82, 2.24) is 9.88 Å². The number of hydrogen-bond acceptors (Lipinski definition) is 5. The number of anilines is 2. The van der Waals surface area contributed by atoms with Crippen molar-refractivity contribution in [3.8, 4) is 0 Å². The van der Waals surface area contributed by atoms with Crippen LogP contribution in [0.1, 0.15) is 26.7 Å². The summed E-state index contributed by atoms with van der Waals surface area (Å²) in [5.74, 6) is -0.247. The van der Waals surface area contributed by atoms with E-state index in [1.54, 1.807) is 6.07 Å². The molecule has 156 valence electrons. The molecule has 2 aromatic heterocycles. The molecule has 0 spiro atoms. The second kappa shape index (κ2) is 7.82. The quantitative estimate of drug-likeness (QED) is 0.628. The first-order valence-corrected chi connectivity index (χ1v) is 9.68. The van der Waals surface area contributed by atoms with E-state index in [1.165, 1.54) is 40.7 Å². The molecule has 4 rings (SSSR count). The van der Waals surface area contributed by atoms with E-state index >= 15 is 0 Å². The van der Waals surface area contributed by atoms with E-state index in [4.69, 9.17) is 4.42 Å². The van der Waals surface area contributed by atoms with Gasteiger partial charge in [0.2, 0.25) is 0 Å². The first-order chi connectivity index (χ1) is 14.3. The molecule has 30 heavy (non-hydrogen) atoms. The summed E-state index contributed by atoms with van der Waals surface area (Å²) in [5, 5.41) is 5.68. The van der Waals surface area contributed by atoms with E-state index in [0.29, 0.717) is 18.1 Å². The molecule has 3 amide bonds. The van der Waals surface area contributed by atoms with E-state index in [-0.39, 0.29) is 18.0 Å². The number of benzene rings is 1. The van der Waals surface area contributed by atoms with Crippen LogP contribution < -0.4 is 10.6 Å². The van der Waals surface area contributed by atoms with Gasteiger partial charge in [-0.1, -0.05) is 11.3 Å². The van der Waals surface area contributed by atoms with Crippen LogP contribution in [0.15, 0.2) is 47.1 Å². The fraction of sp³-hybridized carbons (Fsp3) is 0.211. The molecule has 7 nitrogen and oxygen atoms in total. The van der Waals surface area contributed by atoms with E-state index in [9.17, 15) is 22.8 Å². The Morgan fingerprint density at radius 2 is 1.90 bits per heavy atom. The molecular formula is C19H15F3N4O3S. The van der Waals surface area contributed by atoms with Crippen LogP contribution in [-0.2, 0) is 19.1 Å². The van der Waals surface area contributed by atoms with Gasteiger partial charge in [-0.15, -0.1) is 0 Å². The lowest BCUT2D eigenvalue weighted by atomic mass is 10.2. The Kier molecular flexibility index (Phi) is 5.20. The number of nitrogens with zero attached hydrogens (tertiary/aromatic N) is 2. The summed E-state index contributed by atoms with van der Waals surface area (Å²) in [4.78, 5) is 31.3. The third kappa shape index (κ3) is 4.30. The number of nitrogens with one attached hydrogen (secondary N) is 2. The Hall–Kier alpha value is -3.34. The minimum atomic E-state index is -4.43. The van der Waals surface area contributed by atoms with Gasteiger partial charge in [0.1, 0.15) is 0 Å². The Morgan fingerprint density at radius 3 is 2.57 bits per heavy atom. The number of thiazole rings is 1. The lowest BCUT2D eigenvalue weighted by Crippen LogP contribution is -2.38. The summed E-state index contributed by atoms with van der Waals surface area (Å²) >= 11 is 1.26. The topological polar surface area (TPSA) is 87.5 Å². The van der Waals surface area contributed by atoms with Gasteiger partial charge < -0.3 is 14.6 Å². The smallest absolute Gasteiger partial charge is 0.416 e. The number of amides is 3. The highest BCUT2D eigenvalue weighted by atomic mass is 32.1. The monoisotopic (exact) mass is 436 g/mol. The number of carbonyl (C=O) groups is 2. The van der Waals surface area contributed by atoms with Crippen LogP contribution in [-0.4, -0.2) is 28.4 Å². The Bertz CT molecular complexity index is 1060. The fourth-order valence-electron chi connectivity index (χ4n) is 2.93. The number of hydrogen-bond donors (Lipinski definition) is 2. The molecule has 3 heterocycles. The molecule has 0 atom stereocenters. The minimum Gasteiger partial charge on any atom is -0.459 e. The Labute approximate surface area is 172 Å². The Morgan fingerprint density at radius 1 is 1.13 bits per heavy atom. The summed E-state index contributed by atoms with van der Waals surface area (Å²) in [6.45, 7) is 0.685. The average molecular weight is 436 g/mol. The van der Waals surface area contributed by atoms with Gasteiger partial charge in [-0.2, -0.15) is 13.2 Å². The van der Waals surface area contributed by atoms with Crippen molar-refractivity contribution in [3.63, 3.8) is 0 Å². The lowest BCUT2D eigenvalue weighted by Gasteiger charge is -2.26. The van der Waals surface area contributed by atoms with Gasteiger partial charge in [0.25, 0.3) is 5.91 Å². The third-order valence-corrected chi connectivity index (χ3v) is 5.45. The van der Waals surface area contributed by atoms with Gasteiger partial charge in [0.15, 0.2) is 10.9 Å². The van der Waals surface area contributed by atoms with Crippen molar-refractivity contribution < 1.29 is 27.2 Å². The fourth-order valence-corrected chi connectivity index (χ4v) is 3.95. The number of urea groups is 1. The van der Waals surface area contributed by atoms with Gasteiger partial charge in [-0.05, 0) is 36.4 Å². The molecular weight excluding hydrogens is 421 g/mol. The van der Waals surface area contributed by atoms with Crippen LogP contribution in [0.2, 0.25) is 0 Å². The van der Waals surface area contributed by atoms with E-state index in [0.717, 1.165) is 22.7 Å². The number of furan rings is 1. The van der Waals surface area contributed by atoms with Gasteiger partial charge in [-0.25, -0.2) is 9.78 Å². The van der Waals surface area contributed by atoms with Crippen molar-refractivity contribution >= 4 is 34.1 Å². The SMILES string of the molecule is O=C(Nc1nc2c(s1)CN(C(=O)Nc1ccc(C(F)(F)F)cc1)CC2)c1ccco1. The predicted molar refractivity (Wildman–Crippen MR) is 103 cm³/mol. The van der Waals surface area contributed by atoms with Gasteiger partial charge in [-0.3, -0.25) is 10.1 Å². The molecule has 0 saturated carbocycles. The van der Waals surface area contributed by atoms with Gasteiger partial charge in [0.05, 0.1) is 24.1 Å². The molecule has 3 aromatic rings. The van der Waals surface area contributed by atoms with Crippen molar-refractivity contribution in [2.45, 2.75) is 19.1 Å². The van der Waals surface area contributed by atoms with E-state index in [2.05, 4.69) is 15.6 Å². The molecule has 0 unspecified atom stereocenters. The molecule has 0 saturated heterocycles. The summed E-state index contributed by atoms with van der Waals surface area (Å²) < 4.78 is 43.0. The maximum atomic E-state index is 12.6. The maximum Gasteiger partial charge on any atom is 0.416 e. The molecule has 1 aliphatic heterocycles. The zero-order valence-electron chi connectivity index (χ0n) is 15.3. The number of rotatable bonds is 3. The first kappa shape index (κ1) is 20.0. The molecule has 11 heteroatoms. The molecule has 1 aliphatic rings. The van der Waals surface area contributed by atoms with Crippen LogP contribution in [0.25, 0.3) is 0 Å². The normalized spacial score (nSPS) is 13.6. The van der Waals surface area contributed by atoms with Crippen molar-refractivity contribution in [2.75, 3.05) is 17.2 Å². The summed E-state index contributed by atoms with van der Waals surface area (Å²) in [6.07, 6.45) is -2.53.